The van der Waals surface area contributed by atoms with Crippen molar-refractivity contribution in [1.29, 1.82) is 0 Å². The quantitative estimate of drug-likeness (QED) is 0.422. The van der Waals surface area contributed by atoms with E-state index in [1.54, 1.807) is 6.92 Å². The monoisotopic (exact) mass is 424 g/mol. The zero-order valence-electron chi connectivity index (χ0n) is 19.7. The number of ketones is 1. The lowest BCUT2D eigenvalue weighted by atomic mass is 9.99. The molecular formula is C23H44N4O3. The summed E-state index contributed by atoms with van der Waals surface area (Å²) in [5.74, 6) is 0.171. The van der Waals surface area contributed by atoms with Gasteiger partial charge in [-0.15, -0.1) is 6.58 Å². The first-order valence-corrected chi connectivity index (χ1v) is 11.3. The second-order valence-electron chi connectivity index (χ2n) is 9.49. The number of ether oxygens (including phenoxy) is 1. The molecule has 1 saturated heterocycles. The highest BCUT2D eigenvalue weighted by Gasteiger charge is 2.20. The van der Waals surface area contributed by atoms with Gasteiger partial charge in [0.15, 0.2) is 0 Å². The Morgan fingerprint density at radius 3 is 2.40 bits per heavy atom. The number of hydrogen-bond donors (Lipinski definition) is 1. The second kappa shape index (κ2) is 14.8. The highest BCUT2D eigenvalue weighted by Crippen LogP contribution is 2.13. The SMILES string of the molecule is C=CCCC(C=O)N1CCNCCN(COCC(C)(C)C)CCN(CC(C)=O)CC1. The van der Waals surface area contributed by atoms with Crippen LogP contribution in [0.15, 0.2) is 12.7 Å². The Bertz CT molecular complexity index is 507. The molecule has 1 fully saturated rings. The van der Waals surface area contributed by atoms with E-state index < -0.39 is 0 Å². The Morgan fingerprint density at radius 1 is 1.10 bits per heavy atom. The van der Waals surface area contributed by atoms with Crippen molar-refractivity contribution in [2.45, 2.75) is 46.6 Å². The van der Waals surface area contributed by atoms with Crippen LogP contribution in [0.4, 0.5) is 0 Å². The summed E-state index contributed by atoms with van der Waals surface area (Å²) in [6.45, 7) is 20.3. The predicted octanol–water partition coefficient (Wildman–Crippen LogP) is 1.64. The van der Waals surface area contributed by atoms with E-state index >= 15 is 0 Å². The van der Waals surface area contributed by atoms with Gasteiger partial charge in [0.25, 0.3) is 0 Å². The Balaban J connectivity index is 2.73. The van der Waals surface area contributed by atoms with Crippen LogP contribution in [0.1, 0.15) is 40.5 Å². The van der Waals surface area contributed by atoms with Crippen molar-refractivity contribution in [3.8, 4) is 0 Å². The lowest BCUT2D eigenvalue weighted by molar-refractivity contribution is -0.118. The van der Waals surface area contributed by atoms with Crippen molar-refractivity contribution in [3.63, 3.8) is 0 Å². The average Bonchev–Trinajstić information content (AvgIpc) is 2.66. The average molecular weight is 425 g/mol. The van der Waals surface area contributed by atoms with Gasteiger partial charge in [-0.3, -0.25) is 19.5 Å². The molecule has 0 bridgehead atoms. The number of aldehydes is 1. The minimum atomic E-state index is -0.103. The van der Waals surface area contributed by atoms with Gasteiger partial charge < -0.3 is 14.8 Å². The van der Waals surface area contributed by atoms with Gasteiger partial charge in [-0.1, -0.05) is 26.8 Å². The molecule has 174 valence electrons. The fourth-order valence-corrected chi connectivity index (χ4v) is 3.51. The molecule has 0 saturated carbocycles. The lowest BCUT2D eigenvalue weighted by Crippen LogP contribution is -2.49. The third-order valence-corrected chi connectivity index (χ3v) is 5.16. The van der Waals surface area contributed by atoms with E-state index in [0.717, 1.165) is 78.1 Å². The number of nitrogens with one attached hydrogen (secondary N) is 1. The maximum Gasteiger partial charge on any atom is 0.143 e. The Kier molecular flexibility index (Phi) is 13.3. The molecule has 0 spiro atoms. The van der Waals surface area contributed by atoms with Crippen LogP contribution in [0.5, 0.6) is 0 Å². The topological polar surface area (TPSA) is 65.1 Å². The van der Waals surface area contributed by atoms with Gasteiger partial charge in [-0.25, -0.2) is 0 Å². The van der Waals surface area contributed by atoms with Crippen molar-refractivity contribution in [2.75, 3.05) is 72.2 Å². The highest BCUT2D eigenvalue weighted by molar-refractivity contribution is 5.77. The lowest BCUT2D eigenvalue weighted by Gasteiger charge is -2.33. The molecule has 0 aliphatic carbocycles. The van der Waals surface area contributed by atoms with Crippen LogP contribution < -0.4 is 5.32 Å². The van der Waals surface area contributed by atoms with Gasteiger partial charge in [0.1, 0.15) is 12.1 Å². The molecule has 0 aromatic rings. The number of carbonyl (C=O) groups is 2. The number of carbonyl (C=O) groups excluding carboxylic acids is 2. The summed E-state index contributed by atoms with van der Waals surface area (Å²) >= 11 is 0. The van der Waals surface area contributed by atoms with Crippen molar-refractivity contribution < 1.29 is 14.3 Å². The maximum absolute atomic E-state index is 11.8. The first kappa shape index (κ1) is 26.9. The van der Waals surface area contributed by atoms with Crippen molar-refractivity contribution >= 4 is 12.1 Å². The molecule has 1 aliphatic heterocycles. The molecule has 1 unspecified atom stereocenters. The summed E-state index contributed by atoms with van der Waals surface area (Å²) in [5.41, 5.74) is 0.148. The van der Waals surface area contributed by atoms with Crippen LogP contribution in [0.25, 0.3) is 0 Å². The Hall–Kier alpha value is -1.12. The van der Waals surface area contributed by atoms with Crippen molar-refractivity contribution in [3.05, 3.63) is 12.7 Å². The van der Waals surface area contributed by atoms with Crippen molar-refractivity contribution in [1.82, 2.24) is 20.0 Å². The number of Topliss-reactive ketones (excluding diaryl/α,β-unsaturated/α-hetero) is 1. The summed E-state index contributed by atoms with van der Waals surface area (Å²) in [7, 11) is 0. The zero-order chi connectivity index (χ0) is 22.4. The van der Waals surface area contributed by atoms with E-state index in [-0.39, 0.29) is 17.2 Å². The molecule has 0 radical (unpaired) electrons. The zero-order valence-corrected chi connectivity index (χ0v) is 19.7. The minimum Gasteiger partial charge on any atom is -0.366 e. The van der Waals surface area contributed by atoms with Gasteiger partial charge in [0.2, 0.25) is 0 Å². The fourth-order valence-electron chi connectivity index (χ4n) is 3.51. The smallest absolute Gasteiger partial charge is 0.143 e. The van der Waals surface area contributed by atoms with E-state index in [2.05, 4.69) is 47.4 Å². The van der Waals surface area contributed by atoms with Crippen LogP contribution in [0.2, 0.25) is 0 Å². The number of allylic oxidation sites excluding steroid dienone is 1. The molecule has 7 heteroatoms. The molecule has 0 amide bonds. The molecule has 0 aromatic heterocycles. The molecule has 7 nitrogen and oxygen atoms in total. The van der Waals surface area contributed by atoms with E-state index in [4.69, 9.17) is 4.74 Å². The van der Waals surface area contributed by atoms with Gasteiger partial charge in [-0.2, -0.15) is 0 Å². The third-order valence-electron chi connectivity index (χ3n) is 5.16. The van der Waals surface area contributed by atoms with Gasteiger partial charge in [0.05, 0.1) is 25.9 Å². The van der Waals surface area contributed by atoms with Crippen LogP contribution in [0.3, 0.4) is 0 Å². The van der Waals surface area contributed by atoms with E-state index in [0.29, 0.717) is 13.3 Å². The number of nitrogens with zero attached hydrogens (tertiary/aromatic N) is 3. The molecular weight excluding hydrogens is 380 g/mol. The number of rotatable bonds is 10. The first-order valence-electron chi connectivity index (χ1n) is 11.3. The first-order chi connectivity index (χ1) is 14.2. The molecule has 1 aliphatic rings. The van der Waals surface area contributed by atoms with Gasteiger partial charge in [0, 0.05) is 52.4 Å². The summed E-state index contributed by atoms with van der Waals surface area (Å²) in [6, 6.07) is -0.103. The Labute approximate surface area is 183 Å². The summed E-state index contributed by atoms with van der Waals surface area (Å²) in [5, 5.41) is 3.51. The third kappa shape index (κ3) is 12.5. The predicted molar refractivity (Wildman–Crippen MR) is 123 cm³/mol. The highest BCUT2D eigenvalue weighted by atomic mass is 16.5. The molecule has 1 rings (SSSR count). The summed E-state index contributed by atoms with van der Waals surface area (Å²) in [6.07, 6.45) is 4.54. The molecule has 30 heavy (non-hydrogen) atoms. The van der Waals surface area contributed by atoms with Crippen LogP contribution >= 0.6 is 0 Å². The van der Waals surface area contributed by atoms with E-state index in [9.17, 15) is 9.59 Å². The van der Waals surface area contributed by atoms with Crippen LogP contribution in [0, 0.1) is 5.41 Å². The number of hydrogen-bond acceptors (Lipinski definition) is 7. The van der Waals surface area contributed by atoms with E-state index in [1.807, 2.05) is 6.08 Å². The van der Waals surface area contributed by atoms with Crippen molar-refractivity contribution in [2.24, 2.45) is 5.41 Å². The largest absolute Gasteiger partial charge is 0.366 e. The van der Waals surface area contributed by atoms with Gasteiger partial charge >= 0.3 is 0 Å². The fraction of sp³-hybridized carbons (Fsp3) is 0.826. The van der Waals surface area contributed by atoms with Crippen LogP contribution in [-0.2, 0) is 14.3 Å². The molecule has 1 atom stereocenters. The summed E-state index contributed by atoms with van der Waals surface area (Å²) in [4.78, 5) is 30.2. The minimum absolute atomic E-state index is 0.103. The molecule has 1 N–H and O–H groups in total. The molecule has 1 heterocycles. The van der Waals surface area contributed by atoms with Gasteiger partial charge in [-0.05, 0) is 25.2 Å². The normalized spacial score (nSPS) is 20.1. The molecule has 0 aromatic carbocycles. The summed E-state index contributed by atoms with van der Waals surface area (Å²) < 4.78 is 5.94. The van der Waals surface area contributed by atoms with Crippen LogP contribution in [-0.4, -0.2) is 105 Å². The second-order valence-corrected chi connectivity index (χ2v) is 9.49. The standard InChI is InChI=1S/C23H44N4O3/c1-6-7-8-22(18-28)27-12-10-24-9-11-26(20-30-19-23(3,4)5)14-13-25(15-16-27)17-21(2)29/h6,18,22,24H,1,7-17,19-20H2,2-5H3. The maximum atomic E-state index is 11.8. The van der Waals surface area contributed by atoms with E-state index in [1.165, 1.54) is 0 Å². The Morgan fingerprint density at radius 2 is 1.77 bits per heavy atom.